The SMILES string of the molecule is C#CC1=Cc2cc(C)ccc2Sc2ccc(SC)cc21. The molecule has 0 nitrogen and oxygen atoms in total. The maximum absolute atomic E-state index is 5.74. The third-order valence-electron chi connectivity index (χ3n) is 3.32. The monoisotopic (exact) mass is 294 g/mol. The molecule has 1 aliphatic heterocycles. The first kappa shape index (κ1) is 13.4. The minimum Gasteiger partial charge on any atom is -0.130 e. The van der Waals surface area contributed by atoms with Gasteiger partial charge >= 0.3 is 0 Å². The molecule has 0 aromatic heterocycles. The molecule has 2 heteroatoms. The Bertz CT molecular complexity index is 748. The van der Waals surface area contributed by atoms with Crippen molar-refractivity contribution in [1.29, 1.82) is 0 Å². The minimum atomic E-state index is 0.966. The van der Waals surface area contributed by atoms with E-state index in [1.807, 2.05) is 0 Å². The van der Waals surface area contributed by atoms with E-state index < -0.39 is 0 Å². The van der Waals surface area contributed by atoms with Gasteiger partial charge in [-0.3, -0.25) is 0 Å². The molecule has 1 heterocycles. The van der Waals surface area contributed by atoms with Crippen LogP contribution in [0.4, 0.5) is 0 Å². The smallest absolute Gasteiger partial charge is 0.0333 e. The Morgan fingerprint density at radius 3 is 2.65 bits per heavy atom. The van der Waals surface area contributed by atoms with Gasteiger partial charge in [0.05, 0.1) is 0 Å². The lowest BCUT2D eigenvalue weighted by atomic mass is 10.0. The molecule has 0 unspecified atom stereocenters. The van der Waals surface area contributed by atoms with E-state index in [0.29, 0.717) is 0 Å². The molecular weight excluding hydrogens is 280 g/mol. The van der Waals surface area contributed by atoms with Gasteiger partial charge in [0.25, 0.3) is 0 Å². The van der Waals surface area contributed by atoms with Crippen LogP contribution >= 0.6 is 23.5 Å². The number of allylic oxidation sites excluding steroid dienone is 1. The van der Waals surface area contributed by atoms with Crippen LogP contribution in [0.3, 0.4) is 0 Å². The van der Waals surface area contributed by atoms with Crippen LogP contribution in [0, 0.1) is 19.3 Å². The summed E-state index contributed by atoms with van der Waals surface area (Å²) in [5.74, 6) is 2.85. The van der Waals surface area contributed by atoms with Gasteiger partial charge in [-0.25, -0.2) is 0 Å². The van der Waals surface area contributed by atoms with E-state index in [2.05, 4.69) is 61.6 Å². The Balaban J connectivity index is 2.24. The number of fused-ring (bicyclic) bond motifs is 2. The molecule has 3 rings (SSSR count). The van der Waals surface area contributed by atoms with Gasteiger partial charge in [-0.1, -0.05) is 35.4 Å². The molecule has 0 radical (unpaired) electrons. The number of terminal acetylenes is 1. The molecule has 20 heavy (non-hydrogen) atoms. The lowest BCUT2D eigenvalue weighted by Crippen LogP contribution is -1.85. The van der Waals surface area contributed by atoms with Gasteiger partial charge < -0.3 is 0 Å². The molecule has 2 aromatic rings. The topological polar surface area (TPSA) is 0 Å². The first-order valence-electron chi connectivity index (χ1n) is 6.36. The van der Waals surface area contributed by atoms with Crippen LogP contribution in [0.15, 0.2) is 51.1 Å². The average Bonchev–Trinajstić information content (AvgIpc) is 2.62. The molecule has 98 valence electrons. The Morgan fingerprint density at radius 2 is 1.90 bits per heavy atom. The third kappa shape index (κ3) is 2.40. The van der Waals surface area contributed by atoms with E-state index in [4.69, 9.17) is 6.42 Å². The average molecular weight is 294 g/mol. The van der Waals surface area contributed by atoms with Crippen molar-refractivity contribution in [2.24, 2.45) is 0 Å². The standard InChI is InChI=1S/C18H14S2/c1-4-13-10-14-9-12(2)5-7-17(14)20-18-8-6-15(19-3)11-16(13)18/h1,5-11H,2-3H3. The van der Waals surface area contributed by atoms with Crippen LogP contribution in [0.25, 0.3) is 11.6 Å². The highest BCUT2D eigenvalue weighted by atomic mass is 32.2. The third-order valence-corrected chi connectivity index (χ3v) is 5.21. The Labute approximate surface area is 128 Å². The largest absolute Gasteiger partial charge is 0.130 e. The summed E-state index contributed by atoms with van der Waals surface area (Å²) in [5, 5.41) is 0. The van der Waals surface area contributed by atoms with Crippen molar-refractivity contribution >= 4 is 35.2 Å². The number of thioether (sulfide) groups is 1. The highest BCUT2D eigenvalue weighted by molar-refractivity contribution is 7.99. The number of aryl methyl sites for hydroxylation is 1. The summed E-state index contributed by atoms with van der Waals surface area (Å²) in [7, 11) is 0. The number of hydrogen-bond acceptors (Lipinski definition) is 2. The normalized spacial score (nSPS) is 12.8. The van der Waals surface area contributed by atoms with Crippen LogP contribution in [0.1, 0.15) is 16.7 Å². The lowest BCUT2D eigenvalue weighted by Gasteiger charge is -2.08. The summed E-state index contributed by atoms with van der Waals surface area (Å²) < 4.78 is 0. The molecule has 0 saturated heterocycles. The molecule has 0 aliphatic carbocycles. The molecule has 0 amide bonds. The molecule has 0 N–H and O–H groups in total. The van der Waals surface area contributed by atoms with Crippen molar-refractivity contribution in [3.63, 3.8) is 0 Å². The van der Waals surface area contributed by atoms with Gasteiger partial charge in [-0.15, -0.1) is 18.2 Å². The van der Waals surface area contributed by atoms with Gasteiger partial charge in [0.15, 0.2) is 0 Å². The fourth-order valence-corrected chi connectivity index (χ4v) is 3.74. The quantitative estimate of drug-likeness (QED) is 0.513. The Hall–Kier alpha value is -1.56. The summed E-state index contributed by atoms with van der Waals surface area (Å²) in [6.07, 6.45) is 9.96. The van der Waals surface area contributed by atoms with Crippen LogP contribution in [0.5, 0.6) is 0 Å². The van der Waals surface area contributed by atoms with Gasteiger partial charge in [-0.2, -0.15) is 0 Å². The second-order valence-corrected chi connectivity index (χ2v) is 6.67. The van der Waals surface area contributed by atoms with Crippen LogP contribution in [-0.4, -0.2) is 6.26 Å². The second-order valence-electron chi connectivity index (χ2n) is 4.71. The van der Waals surface area contributed by atoms with Crippen molar-refractivity contribution in [2.45, 2.75) is 21.6 Å². The first-order valence-corrected chi connectivity index (χ1v) is 8.40. The highest BCUT2D eigenvalue weighted by Crippen LogP contribution is 2.41. The summed E-state index contributed by atoms with van der Waals surface area (Å²) >= 11 is 3.54. The van der Waals surface area contributed by atoms with Gasteiger partial charge in [0.1, 0.15) is 0 Å². The van der Waals surface area contributed by atoms with Crippen LogP contribution in [0.2, 0.25) is 0 Å². The maximum Gasteiger partial charge on any atom is 0.0333 e. The maximum atomic E-state index is 5.74. The number of benzene rings is 2. The fraction of sp³-hybridized carbons (Fsp3) is 0.111. The predicted molar refractivity (Wildman–Crippen MR) is 90.2 cm³/mol. The molecule has 2 aromatic carbocycles. The van der Waals surface area contributed by atoms with Crippen LogP contribution in [-0.2, 0) is 0 Å². The second kappa shape index (κ2) is 5.44. The lowest BCUT2D eigenvalue weighted by molar-refractivity contribution is 1.31. The first-order chi connectivity index (χ1) is 9.71. The van der Waals surface area contributed by atoms with Gasteiger partial charge in [0.2, 0.25) is 0 Å². The number of hydrogen-bond donors (Lipinski definition) is 0. The minimum absolute atomic E-state index is 0.966. The van der Waals surface area contributed by atoms with E-state index in [0.717, 1.165) is 5.57 Å². The van der Waals surface area contributed by atoms with Crippen molar-refractivity contribution in [3.8, 4) is 12.3 Å². The zero-order valence-corrected chi connectivity index (χ0v) is 13.1. The zero-order chi connectivity index (χ0) is 14.1. The predicted octanol–water partition coefficient (Wildman–Crippen LogP) is 5.36. The van der Waals surface area contributed by atoms with Crippen molar-refractivity contribution < 1.29 is 0 Å². The van der Waals surface area contributed by atoms with E-state index in [1.165, 1.54) is 31.4 Å². The number of rotatable bonds is 1. The molecule has 0 fully saturated rings. The summed E-state index contributed by atoms with van der Waals surface area (Å²) in [5.41, 5.74) is 4.60. The van der Waals surface area contributed by atoms with E-state index >= 15 is 0 Å². The highest BCUT2D eigenvalue weighted by Gasteiger charge is 2.15. The van der Waals surface area contributed by atoms with E-state index in [9.17, 15) is 0 Å². The molecular formula is C18H14S2. The van der Waals surface area contributed by atoms with E-state index in [1.54, 1.807) is 23.5 Å². The van der Waals surface area contributed by atoms with Gasteiger partial charge in [-0.05, 0) is 49.1 Å². The van der Waals surface area contributed by atoms with Crippen molar-refractivity contribution in [1.82, 2.24) is 0 Å². The Morgan fingerprint density at radius 1 is 1.10 bits per heavy atom. The van der Waals surface area contributed by atoms with E-state index in [-0.39, 0.29) is 0 Å². The summed E-state index contributed by atoms with van der Waals surface area (Å²) in [4.78, 5) is 3.74. The van der Waals surface area contributed by atoms with Crippen molar-refractivity contribution in [2.75, 3.05) is 6.26 Å². The molecule has 0 spiro atoms. The summed E-state index contributed by atoms with van der Waals surface area (Å²) in [6.45, 7) is 2.11. The van der Waals surface area contributed by atoms with Crippen LogP contribution < -0.4 is 0 Å². The fourth-order valence-electron chi connectivity index (χ4n) is 2.28. The van der Waals surface area contributed by atoms with Gasteiger partial charge in [0, 0.05) is 25.8 Å². The zero-order valence-electron chi connectivity index (χ0n) is 11.4. The summed E-state index contributed by atoms with van der Waals surface area (Å²) in [6, 6.07) is 13.0. The molecule has 0 saturated carbocycles. The molecule has 0 atom stereocenters. The van der Waals surface area contributed by atoms with Crippen molar-refractivity contribution in [3.05, 3.63) is 53.1 Å². The molecule has 0 bridgehead atoms. The Kier molecular flexibility index (Phi) is 3.65. The molecule has 1 aliphatic rings.